The van der Waals surface area contributed by atoms with Crippen molar-refractivity contribution in [2.24, 2.45) is 5.92 Å². The Kier molecular flexibility index (Phi) is 6.10. The molecule has 138 valence electrons. The Balaban J connectivity index is 1.61. The topological polar surface area (TPSA) is 62.5 Å². The first-order valence-corrected chi connectivity index (χ1v) is 9.33. The molecule has 1 aliphatic rings. The van der Waals surface area contributed by atoms with Gasteiger partial charge >= 0.3 is 5.97 Å². The maximum atomic E-state index is 13.0. The third-order valence-corrected chi connectivity index (χ3v) is 5.11. The number of hydrogen-bond donors (Lipinski definition) is 1. The van der Waals surface area contributed by atoms with Gasteiger partial charge in [-0.3, -0.25) is 9.59 Å². The van der Waals surface area contributed by atoms with Crippen molar-refractivity contribution in [3.05, 3.63) is 59.9 Å². The van der Waals surface area contributed by atoms with Crippen LogP contribution in [-0.4, -0.2) is 39.5 Å². The molecular formula is C21H26N2O3. The lowest BCUT2D eigenvalue weighted by atomic mass is 9.93. The summed E-state index contributed by atoms with van der Waals surface area (Å²) < 4.78 is 2.02. The molecule has 1 aromatic heterocycles. The Morgan fingerprint density at radius 3 is 2.69 bits per heavy atom. The van der Waals surface area contributed by atoms with Gasteiger partial charge in [0.1, 0.15) is 5.69 Å². The minimum Gasteiger partial charge on any atom is -0.481 e. The number of hydrogen-bond acceptors (Lipinski definition) is 2. The molecule has 1 amide bonds. The number of amides is 1. The molecule has 1 N–H and O–H groups in total. The Hall–Kier alpha value is -2.56. The molecule has 3 rings (SSSR count). The summed E-state index contributed by atoms with van der Waals surface area (Å²) in [5.41, 5.74) is 1.98. The maximum absolute atomic E-state index is 13.0. The number of aryl methyl sites for hydroxylation is 2. The summed E-state index contributed by atoms with van der Waals surface area (Å²) in [6.45, 7) is 2.19. The van der Waals surface area contributed by atoms with Crippen LogP contribution in [0.25, 0.3) is 0 Å². The Morgan fingerprint density at radius 2 is 1.92 bits per heavy atom. The first-order chi connectivity index (χ1) is 12.6. The second-order valence-corrected chi connectivity index (χ2v) is 7.01. The number of rotatable bonds is 7. The van der Waals surface area contributed by atoms with Gasteiger partial charge in [0.2, 0.25) is 0 Å². The third kappa shape index (κ3) is 4.75. The molecule has 1 fully saturated rings. The van der Waals surface area contributed by atoms with Gasteiger partial charge in [-0.25, -0.2) is 0 Å². The lowest BCUT2D eigenvalue weighted by Crippen LogP contribution is -2.40. The quantitative estimate of drug-likeness (QED) is 0.828. The van der Waals surface area contributed by atoms with Crippen LogP contribution in [0.5, 0.6) is 0 Å². The maximum Gasteiger partial charge on any atom is 0.303 e. The molecule has 0 spiro atoms. The van der Waals surface area contributed by atoms with Gasteiger partial charge in [0.15, 0.2) is 0 Å². The van der Waals surface area contributed by atoms with Crippen molar-refractivity contribution in [2.45, 2.75) is 38.6 Å². The number of piperidine rings is 1. The van der Waals surface area contributed by atoms with Crippen molar-refractivity contribution in [1.82, 2.24) is 9.47 Å². The van der Waals surface area contributed by atoms with E-state index in [9.17, 15) is 9.59 Å². The molecule has 1 aliphatic heterocycles. The monoisotopic (exact) mass is 354 g/mol. The van der Waals surface area contributed by atoms with Crippen LogP contribution in [-0.2, 0) is 17.8 Å². The third-order valence-electron chi connectivity index (χ3n) is 5.11. The summed E-state index contributed by atoms with van der Waals surface area (Å²) in [6.07, 6.45) is 5.63. The molecule has 1 aromatic carbocycles. The largest absolute Gasteiger partial charge is 0.481 e. The molecule has 0 bridgehead atoms. The Bertz CT molecular complexity index is 739. The van der Waals surface area contributed by atoms with Crippen LogP contribution in [0.15, 0.2) is 48.7 Å². The highest BCUT2D eigenvalue weighted by atomic mass is 16.4. The van der Waals surface area contributed by atoms with E-state index in [2.05, 4.69) is 12.1 Å². The molecule has 5 heteroatoms. The van der Waals surface area contributed by atoms with Crippen LogP contribution < -0.4 is 0 Å². The zero-order chi connectivity index (χ0) is 18.4. The van der Waals surface area contributed by atoms with Crippen LogP contribution in [0, 0.1) is 5.92 Å². The van der Waals surface area contributed by atoms with Crippen LogP contribution in [0.2, 0.25) is 0 Å². The van der Waals surface area contributed by atoms with E-state index < -0.39 is 5.97 Å². The second kappa shape index (κ2) is 8.70. The fourth-order valence-corrected chi connectivity index (χ4v) is 3.67. The summed E-state index contributed by atoms with van der Waals surface area (Å²) in [4.78, 5) is 25.7. The first-order valence-electron chi connectivity index (χ1n) is 9.33. The van der Waals surface area contributed by atoms with E-state index in [0.29, 0.717) is 13.0 Å². The molecule has 2 aromatic rings. The van der Waals surface area contributed by atoms with Crippen molar-refractivity contribution in [3.8, 4) is 0 Å². The minimum atomic E-state index is -0.761. The van der Waals surface area contributed by atoms with Gasteiger partial charge in [-0.1, -0.05) is 30.3 Å². The van der Waals surface area contributed by atoms with E-state index in [1.54, 1.807) is 0 Å². The van der Waals surface area contributed by atoms with Crippen molar-refractivity contribution in [2.75, 3.05) is 13.1 Å². The summed E-state index contributed by atoms with van der Waals surface area (Å²) in [5.74, 6) is -0.414. The summed E-state index contributed by atoms with van der Waals surface area (Å²) in [5, 5.41) is 8.87. The summed E-state index contributed by atoms with van der Waals surface area (Å²) >= 11 is 0. The van der Waals surface area contributed by atoms with Crippen molar-refractivity contribution in [3.63, 3.8) is 0 Å². The lowest BCUT2D eigenvalue weighted by Gasteiger charge is -2.32. The zero-order valence-corrected chi connectivity index (χ0v) is 15.0. The average molecular weight is 354 g/mol. The van der Waals surface area contributed by atoms with Crippen LogP contribution in [0.3, 0.4) is 0 Å². The molecular weight excluding hydrogens is 328 g/mol. The van der Waals surface area contributed by atoms with E-state index >= 15 is 0 Å². The van der Waals surface area contributed by atoms with Crippen LogP contribution in [0.1, 0.15) is 41.7 Å². The van der Waals surface area contributed by atoms with Gasteiger partial charge in [0.25, 0.3) is 5.91 Å². The van der Waals surface area contributed by atoms with Gasteiger partial charge in [-0.2, -0.15) is 0 Å². The number of carbonyl (C=O) groups is 2. The molecule has 1 saturated heterocycles. The molecule has 0 aliphatic carbocycles. The number of carboxylic acid groups (broad SMARTS) is 1. The number of benzene rings is 1. The highest BCUT2D eigenvalue weighted by molar-refractivity contribution is 5.92. The van der Waals surface area contributed by atoms with E-state index in [4.69, 9.17) is 5.11 Å². The Labute approximate surface area is 154 Å². The molecule has 5 nitrogen and oxygen atoms in total. The predicted molar refractivity (Wildman–Crippen MR) is 100 cm³/mol. The molecule has 0 saturated carbocycles. The highest BCUT2D eigenvalue weighted by Gasteiger charge is 2.26. The number of aromatic nitrogens is 1. The van der Waals surface area contributed by atoms with Crippen LogP contribution >= 0.6 is 0 Å². The SMILES string of the molecule is O=C(O)CC[C@H]1CCCN(C(=O)c2cccn2CCc2ccccc2)C1. The van der Waals surface area contributed by atoms with Crippen LogP contribution in [0.4, 0.5) is 0 Å². The fourth-order valence-electron chi connectivity index (χ4n) is 3.67. The average Bonchev–Trinajstić information content (AvgIpc) is 3.14. The van der Waals surface area contributed by atoms with E-state index in [1.165, 1.54) is 5.56 Å². The van der Waals surface area contributed by atoms with Crippen molar-refractivity contribution in [1.29, 1.82) is 0 Å². The molecule has 2 heterocycles. The minimum absolute atomic E-state index is 0.0584. The molecule has 26 heavy (non-hydrogen) atoms. The smallest absolute Gasteiger partial charge is 0.303 e. The van der Waals surface area contributed by atoms with Crippen molar-refractivity contribution >= 4 is 11.9 Å². The van der Waals surface area contributed by atoms with Gasteiger partial charge in [-0.05, 0) is 49.3 Å². The van der Waals surface area contributed by atoms with Gasteiger partial charge < -0.3 is 14.6 Å². The number of carboxylic acids is 1. The van der Waals surface area contributed by atoms with Gasteiger partial charge in [0, 0.05) is 32.3 Å². The standard InChI is InChI=1S/C21H26N2O3/c24-20(25)11-10-18-8-4-14-23(16-18)21(26)19-9-5-13-22(19)15-12-17-6-2-1-3-7-17/h1-3,5-7,9,13,18H,4,8,10-12,14-16H2,(H,24,25)/t18-/m1/s1. The number of likely N-dealkylation sites (tertiary alicyclic amines) is 1. The number of nitrogens with zero attached hydrogens (tertiary/aromatic N) is 2. The normalized spacial score (nSPS) is 17.2. The molecule has 1 atom stereocenters. The summed E-state index contributed by atoms with van der Waals surface area (Å²) in [7, 11) is 0. The predicted octanol–water partition coefficient (Wildman–Crippen LogP) is 3.45. The van der Waals surface area contributed by atoms with Crippen molar-refractivity contribution < 1.29 is 14.7 Å². The summed E-state index contributed by atoms with van der Waals surface area (Å²) in [6, 6.07) is 14.1. The fraction of sp³-hybridized carbons (Fsp3) is 0.429. The van der Waals surface area contributed by atoms with E-state index in [1.807, 2.05) is 46.0 Å². The van der Waals surface area contributed by atoms with Gasteiger partial charge in [0.05, 0.1) is 0 Å². The zero-order valence-electron chi connectivity index (χ0n) is 15.0. The molecule has 0 radical (unpaired) electrons. The van der Waals surface area contributed by atoms with Gasteiger partial charge in [-0.15, -0.1) is 0 Å². The lowest BCUT2D eigenvalue weighted by molar-refractivity contribution is -0.137. The Morgan fingerprint density at radius 1 is 1.12 bits per heavy atom. The molecule has 0 unspecified atom stereocenters. The number of aliphatic carboxylic acids is 1. The highest BCUT2D eigenvalue weighted by Crippen LogP contribution is 2.22. The first kappa shape index (κ1) is 18.2. The van der Waals surface area contributed by atoms with E-state index in [-0.39, 0.29) is 18.2 Å². The number of carbonyl (C=O) groups excluding carboxylic acids is 1. The van der Waals surface area contributed by atoms with E-state index in [0.717, 1.165) is 38.0 Å². The second-order valence-electron chi connectivity index (χ2n) is 7.01.